The molecule has 0 spiro atoms. The van der Waals surface area contributed by atoms with Crippen LogP contribution in [0.25, 0.3) is 0 Å². The summed E-state index contributed by atoms with van der Waals surface area (Å²) in [5.74, 6) is 0. The summed E-state index contributed by atoms with van der Waals surface area (Å²) in [6.07, 6.45) is -2.52. The molecule has 0 amide bonds. The highest BCUT2D eigenvalue weighted by molar-refractivity contribution is 9.10. The Morgan fingerprint density at radius 1 is 1.33 bits per heavy atom. The van der Waals surface area contributed by atoms with Crippen LogP contribution < -0.4 is 0 Å². The van der Waals surface area contributed by atoms with Crippen molar-refractivity contribution in [3.05, 3.63) is 46.0 Å². The van der Waals surface area contributed by atoms with Crippen molar-refractivity contribution in [2.45, 2.75) is 32.2 Å². The zero-order chi connectivity index (χ0) is 15.6. The molecule has 21 heavy (non-hydrogen) atoms. The molecule has 0 fully saturated rings. The van der Waals surface area contributed by atoms with E-state index in [4.69, 9.17) is 0 Å². The van der Waals surface area contributed by atoms with Gasteiger partial charge in [0.05, 0.1) is 27.6 Å². The van der Waals surface area contributed by atoms with Gasteiger partial charge in [-0.15, -0.1) is 0 Å². The molecule has 1 N–H and O–H groups in total. The molecule has 2 rings (SSSR count). The number of nitrogens with zero attached hydrogens (tertiary/aromatic N) is 3. The molecular formula is C13H13BrF3N3O. The zero-order valence-electron chi connectivity index (χ0n) is 11.1. The van der Waals surface area contributed by atoms with Gasteiger partial charge in [-0.3, -0.25) is 9.67 Å². The number of aromatic nitrogens is 3. The van der Waals surface area contributed by atoms with E-state index in [0.29, 0.717) is 22.9 Å². The molecule has 114 valence electrons. The SMILES string of the molecule is CCCn1ncc(Br)c1C(O)c1ccc(C(F)(F)F)cn1. The molecule has 0 radical (unpaired) electrons. The predicted octanol–water partition coefficient (Wildman–Crippen LogP) is 3.55. The molecule has 8 heteroatoms. The van der Waals surface area contributed by atoms with Gasteiger partial charge in [0.2, 0.25) is 0 Å². The van der Waals surface area contributed by atoms with Crippen molar-refractivity contribution in [1.82, 2.24) is 14.8 Å². The second kappa shape index (κ2) is 6.15. The average molecular weight is 364 g/mol. The Hall–Kier alpha value is -1.41. The Balaban J connectivity index is 2.32. The molecule has 0 aliphatic heterocycles. The highest BCUT2D eigenvalue weighted by Gasteiger charge is 2.31. The number of alkyl halides is 3. The smallest absolute Gasteiger partial charge is 0.380 e. The van der Waals surface area contributed by atoms with Gasteiger partial charge in [0.15, 0.2) is 0 Å². The summed E-state index contributed by atoms with van der Waals surface area (Å²) in [5.41, 5.74) is -0.231. The van der Waals surface area contributed by atoms with Gasteiger partial charge in [-0.2, -0.15) is 18.3 Å². The molecule has 0 aliphatic carbocycles. The van der Waals surface area contributed by atoms with E-state index in [-0.39, 0.29) is 5.69 Å². The van der Waals surface area contributed by atoms with Crippen molar-refractivity contribution in [2.24, 2.45) is 0 Å². The Morgan fingerprint density at radius 2 is 2.05 bits per heavy atom. The number of pyridine rings is 1. The average Bonchev–Trinajstić information content (AvgIpc) is 2.79. The summed E-state index contributed by atoms with van der Waals surface area (Å²) in [6, 6.07) is 2.07. The number of hydrogen-bond acceptors (Lipinski definition) is 3. The predicted molar refractivity (Wildman–Crippen MR) is 73.5 cm³/mol. The molecule has 1 atom stereocenters. The first-order chi connectivity index (χ1) is 9.84. The lowest BCUT2D eigenvalue weighted by Crippen LogP contribution is -2.13. The van der Waals surface area contributed by atoms with E-state index in [0.717, 1.165) is 12.5 Å². The maximum absolute atomic E-state index is 12.5. The molecular weight excluding hydrogens is 351 g/mol. The molecule has 1 unspecified atom stereocenters. The molecule has 0 saturated carbocycles. The molecule has 2 aromatic rings. The minimum absolute atomic E-state index is 0.140. The maximum atomic E-state index is 12.5. The molecule has 0 aromatic carbocycles. The second-order valence-electron chi connectivity index (χ2n) is 4.47. The van der Waals surface area contributed by atoms with Crippen LogP contribution in [-0.2, 0) is 12.7 Å². The first-order valence-corrected chi connectivity index (χ1v) is 7.06. The van der Waals surface area contributed by atoms with Crippen LogP contribution in [0.3, 0.4) is 0 Å². The topological polar surface area (TPSA) is 50.9 Å². The Labute approximate surface area is 127 Å². The van der Waals surface area contributed by atoms with E-state index in [2.05, 4.69) is 26.0 Å². The Kier molecular flexibility index (Phi) is 4.67. The van der Waals surface area contributed by atoms with Crippen LogP contribution in [-0.4, -0.2) is 19.9 Å². The number of aliphatic hydroxyl groups is 1. The van der Waals surface area contributed by atoms with Gasteiger partial charge in [0.25, 0.3) is 0 Å². The van der Waals surface area contributed by atoms with E-state index >= 15 is 0 Å². The van der Waals surface area contributed by atoms with Crippen LogP contribution in [0.4, 0.5) is 13.2 Å². The van der Waals surface area contributed by atoms with Crippen molar-refractivity contribution in [3.8, 4) is 0 Å². The highest BCUT2D eigenvalue weighted by atomic mass is 79.9. The van der Waals surface area contributed by atoms with E-state index < -0.39 is 17.8 Å². The van der Waals surface area contributed by atoms with Crippen LogP contribution in [0.5, 0.6) is 0 Å². The lowest BCUT2D eigenvalue weighted by atomic mass is 10.1. The van der Waals surface area contributed by atoms with Crippen molar-refractivity contribution in [2.75, 3.05) is 0 Å². The molecule has 0 saturated heterocycles. The van der Waals surface area contributed by atoms with Crippen molar-refractivity contribution >= 4 is 15.9 Å². The van der Waals surface area contributed by atoms with Crippen LogP contribution in [0.2, 0.25) is 0 Å². The second-order valence-corrected chi connectivity index (χ2v) is 5.33. The third-order valence-corrected chi connectivity index (χ3v) is 3.53. The normalized spacial score (nSPS) is 13.4. The Morgan fingerprint density at radius 3 is 2.57 bits per heavy atom. The summed E-state index contributed by atoms with van der Waals surface area (Å²) in [7, 11) is 0. The lowest BCUT2D eigenvalue weighted by molar-refractivity contribution is -0.137. The number of aryl methyl sites for hydroxylation is 1. The quantitative estimate of drug-likeness (QED) is 0.903. The largest absolute Gasteiger partial charge is 0.417 e. The summed E-state index contributed by atoms with van der Waals surface area (Å²) in [4.78, 5) is 3.71. The van der Waals surface area contributed by atoms with Gasteiger partial charge in [-0.25, -0.2) is 0 Å². The molecule has 0 aliphatic rings. The van der Waals surface area contributed by atoms with Crippen LogP contribution in [0.1, 0.15) is 36.4 Å². The minimum atomic E-state index is -4.44. The van der Waals surface area contributed by atoms with Crippen LogP contribution in [0.15, 0.2) is 29.0 Å². The van der Waals surface area contributed by atoms with Crippen molar-refractivity contribution in [1.29, 1.82) is 0 Å². The minimum Gasteiger partial charge on any atom is -0.380 e. The first kappa shape index (κ1) is 16.0. The van der Waals surface area contributed by atoms with Gasteiger partial charge >= 0.3 is 6.18 Å². The number of halogens is 4. The Bertz CT molecular complexity index is 610. The van der Waals surface area contributed by atoms with Crippen LogP contribution in [0, 0.1) is 0 Å². The third kappa shape index (κ3) is 3.44. The van der Waals surface area contributed by atoms with Gasteiger partial charge in [-0.1, -0.05) is 6.92 Å². The van der Waals surface area contributed by atoms with E-state index in [9.17, 15) is 18.3 Å². The fraction of sp³-hybridized carbons (Fsp3) is 0.385. The molecule has 2 aromatic heterocycles. The molecule has 2 heterocycles. The maximum Gasteiger partial charge on any atom is 0.417 e. The van der Waals surface area contributed by atoms with Gasteiger partial charge in [0.1, 0.15) is 6.10 Å². The summed E-state index contributed by atoms with van der Waals surface area (Å²) in [6.45, 7) is 2.56. The number of hydrogen-bond donors (Lipinski definition) is 1. The van der Waals surface area contributed by atoms with E-state index in [1.807, 2.05) is 6.92 Å². The lowest BCUT2D eigenvalue weighted by Gasteiger charge is -2.14. The van der Waals surface area contributed by atoms with E-state index in [1.165, 1.54) is 12.3 Å². The number of aliphatic hydroxyl groups excluding tert-OH is 1. The number of rotatable bonds is 4. The summed E-state index contributed by atoms with van der Waals surface area (Å²) >= 11 is 3.28. The third-order valence-electron chi connectivity index (χ3n) is 2.92. The van der Waals surface area contributed by atoms with E-state index in [1.54, 1.807) is 4.68 Å². The molecule has 4 nitrogen and oxygen atoms in total. The fourth-order valence-electron chi connectivity index (χ4n) is 1.91. The summed E-state index contributed by atoms with van der Waals surface area (Å²) in [5, 5.41) is 14.4. The molecule has 0 bridgehead atoms. The van der Waals surface area contributed by atoms with Crippen LogP contribution >= 0.6 is 15.9 Å². The van der Waals surface area contributed by atoms with Crippen molar-refractivity contribution in [3.63, 3.8) is 0 Å². The van der Waals surface area contributed by atoms with Gasteiger partial charge in [0, 0.05) is 12.7 Å². The zero-order valence-corrected chi connectivity index (χ0v) is 12.7. The van der Waals surface area contributed by atoms with Gasteiger partial charge < -0.3 is 5.11 Å². The summed E-state index contributed by atoms with van der Waals surface area (Å²) < 4.78 is 39.7. The van der Waals surface area contributed by atoms with Crippen molar-refractivity contribution < 1.29 is 18.3 Å². The fourth-order valence-corrected chi connectivity index (χ4v) is 2.42. The highest BCUT2D eigenvalue weighted by Crippen LogP contribution is 2.31. The standard InChI is InChI=1S/C13H13BrF3N3O/c1-2-5-20-11(9(14)7-19-20)12(21)10-4-3-8(6-18-10)13(15,16)17/h3-4,6-7,12,21H,2,5H2,1H3. The first-order valence-electron chi connectivity index (χ1n) is 6.27. The monoisotopic (exact) mass is 363 g/mol. The van der Waals surface area contributed by atoms with Gasteiger partial charge in [-0.05, 0) is 34.5 Å².